The van der Waals surface area contributed by atoms with E-state index in [0.717, 1.165) is 22.0 Å². The summed E-state index contributed by atoms with van der Waals surface area (Å²) in [7, 11) is 2.00. The molecule has 6 nitrogen and oxygen atoms in total. The van der Waals surface area contributed by atoms with Crippen LogP contribution in [-0.4, -0.2) is 39.4 Å². The highest BCUT2D eigenvalue weighted by Gasteiger charge is 2.34. The Kier molecular flexibility index (Phi) is 5.53. The van der Waals surface area contributed by atoms with Crippen LogP contribution in [0, 0.1) is 5.92 Å². The van der Waals surface area contributed by atoms with Crippen molar-refractivity contribution in [1.29, 1.82) is 0 Å². The minimum Gasteiger partial charge on any atom is -0.355 e. The number of hydrogen-bond acceptors (Lipinski definition) is 3. The molecule has 2 amide bonds. The molecule has 150 valence electrons. The number of carbonyl (C=O) groups excluding carboxylic acids is 2. The maximum Gasteiger partial charge on any atom is 0.225 e. The van der Waals surface area contributed by atoms with E-state index in [9.17, 15) is 9.59 Å². The summed E-state index contributed by atoms with van der Waals surface area (Å²) in [5, 5.41) is 4.80. The largest absolute Gasteiger partial charge is 0.355 e. The second kappa shape index (κ2) is 8.25. The van der Waals surface area contributed by atoms with Crippen molar-refractivity contribution in [1.82, 2.24) is 19.8 Å². The maximum atomic E-state index is 12.6. The summed E-state index contributed by atoms with van der Waals surface area (Å²) in [5.74, 6) is -0.342. The van der Waals surface area contributed by atoms with Crippen molar-refractivity contribution in [2.75, 3.05) is 13.1 Å². The number of aromatic nitrogens is 2. The lowest BCUT2D eigenvalue weighted by Crippen LogP contribution is -2.34. The van der Waals surface area contributed by atoms with E-state index in [-0.39, 0.29) is 24.2 Å². The highest BCUT2D eigenvalue weighted by molar-refractivity contribution is 6.31. The van der Waals surface area contributed by atoms with Crippen LogP contribution >= 0.6 is 11.6 Å². The number of likely N-dealkylation sites (tertiary alicyclic amines) is 1. The van der Waals surface area contributed by atoms with E-state index in [0.29, 0.717) is 31.1 Å². The van der Waals surface area contributed by atoms with Crippen molar-refractivity contribution in [2.24, 2.45) is 13.0 Å². The van der Waals surface area contributed by atoms with Crippen LogP contribution in [0.5, 0.6) is 0 Å². The molecule has 0 unspecified atom stereocenters. The summed E-state index contributed by atoms with van der Waals surface area (Å²) >= 11 is 6.14. The molecule has 1 atom stereocenters. The highest BCUT2D eigenvalue weighted by atomic mass is 35.5. The van der Waals surface area contributed by atoms with Gasteiger partial charge in [0.1, 0.15) is 0 Å². The number of aryl methyl sites for hydroxylation is 1. The van der Waals surface area contributed by atoms with Gasteiger partial charge >= 0.3 is 0 Å². The molecule has 1 aliphatic heterocycles. The Morgan fingerprint density at radius 2 is 2.07 bits per heavy atom. The third kappa shape index (κ3) is 4.27. The van der Waals surface area contributed by atoms with Crippen molar-refractivity contribution < 1.29 is 9.59 Å². The number of benzene rings is 1. The zero-order valence-corrected chi connectivity index (χ0v) is 17.0. The van der Waals surface area contributed by atoms with E-state index in [1.165, 1.54) is 0 Å². The number of fused-ring (bicyclic) bond motifs is 1. The first-order valence-corrected chi connectivity index (χ1v) is 10.1. The predicted octanol–water partition coefficient (Wildman–Crippen LogP) is 2.93. The average molecular weight is 411 g/mol. The molecule has 1 fully saturated rings. The standard InChI is InChI=1S/C22H23ClN4O2/c1-26-13-16(19-11-18(23)2-3-20(19)26)6-9-25-22(29)17-10-21(28)27(14-17)12-15-4-7-24-8-5-15/h2-5,7-8,11,13,17H,6,9-10,12,14H2,1H3,(H,25,29)/t17-/m0/s1. The molecule has 3 heterocycles. The van der Waals surface area contributed by atoms with Crippen molar-refractivity contribution in [3.63, 3.8) is 0 Å². The van der Waals surface area contributed by atoms with E-state index in [1.54, 1.807) is 17.3 Å². The van der Waals surface area contributed by atoms with Gasteiger partial charge in [-0.15, -0.1) is 0 Å². The molecule has 1 aromatic carbocycles. The topological polar surface area (TPSA) is 67.2 Å². The van der Waals surface area contributed by atoms with Crippen molar-refractivity contribution >= 4 is 34.3 Å². The first kappa shape index (κ1) is 19.5. The lowest BCUT2D eigenvalue weighted by atomic mass is 10.1. The number of nitrogens with one attached hydrogen (secondary N) is 1. The lowest BCUT2D eigenvalue weighted by Gasteiger charge is -2.16. The Morgan fingerprint density at radius 1 is 1.28 bits per heavy atom. The van der Waals surface area contributed by atoms with Gasteiger partial charge in [0.2, 0.25) is 11.8 Å². The predicted molar refractivity (Wildman–Crippen MR) is 112 cm³/mol. The van der Waals surface area contributed by atoms with Gasteiger partial charge in [0.05, 0.1) is 5.92 Å². The number of amides is 2. The highest BCUT2D eigenvalue weighted by Crippen LogP contribution is 2.25. The molecular weight excluding hydrogens is 388 g/mol. The van der Waals surface area contributed by atoms with Gasteiger partial charge in [-0.3, -0.25) is 14.6 Å². The van der Waals surface area contributed by atoms with Crippen LogP contribution in [0.3, 0.4) is 0 Å². The van der Waals surface area contributed by atoms with Crippen LogP contribution in [0.15, 0.2) is 48.9 Å². The minimum atomic E-state index is -0.300. The van der Waals surface area contributed by atoms with Crippen LogP contribution in [-0.2, 0) is 29.6 Å². The fourth-order valence-corrected chi connectivity index (χ4v) is 4.09. The van der Waals surface area contributed by atoms with Crippen LogP contribution in [0.4, 0.5) is 0 Å². The molecule has 29 heavy (non-hydrogen) atoms. The molecule has 0 aliphatic carbocycles. The number of carbonyl (C=O) groups is 2. The molecule has 7 heteroatoms. The fourth-order valence-electron chi connectivity index (χ4n) is 3.92. The van der Waals surface area contributed by atoms with Crippen LogP contribution in [0.1, 0.15) is 17.5 Å². The minimum absolute atomic E-state index is 0.0191. The number of halogens is 1. The molecule has 0 radical (unpaired) electrons. The fraction of sp³-hybridized carbons (Fsp3) is 0.318. The SMILES string of the molecule is Cn1cc(CCNC(=O)[C@H]2CC(=O)N(Cc3ccncc3)C2)c2cc(Cl)ccc21. The quantitative estimate of drug-likeness (QED) is 0.679. The van der Waals surface area contributed by atoms with Gasteiger partial charge in [0.25, 0.3) is 0 Å². The molecule has 0 spiro atoms. The first-order chi connectivity index (χ1) is 14.0. The lowest BCUT2D eigenvalue weighted by molar-refractivity contribution is -0.129. The molecule has 0 saturated carbocycles. The molecule has 0 bridgehead atoms. The van der Waals surface area contributed by atoms with Gasteiger partial charge in [-0.05, 0) is 47.9 Å². The van der Waals surface area contributed by atoms with Crippen molar-refractivity contribution in [3.05, 3.63) is 65.1 Å². The van der Waals surface area contributed by atoms with Crippen LogP contribution in [0.25, 0.3) is 10.9 Å². The molecule has 1 N–H and O–H groups in total. The monoisotopic (exact) mass is 410 g/mol. The van der Waals surface area contributed by atoms with Crippen LogP contribution in [0.2, 0.25) is 5.02 Å². The molecule has 2 aromatic heterocycles. The Labute approximate surface area is 174 Å². The molecular formula is C22H23ClN4O2. The third-order valence-corrected chi connectivity index (χ3v) is 5.67. The van der Waals surface area contributed by atoms with Gasteiger partial charge in [-0.25, -0.2) is 0 Å². The van der Waals surface area contributed by atoms with Crippen LogP contribution < -0.4 is 5.32 Å². The van der Waals surface area contributed by atoms with Gasteiger partial charge < -0.3 is 14.8 Å². The number of hydrogen-bond donors (Lipinski definition) is 1. The second-order valence-corrected chi connectivity index (χ2v) is 7.93. The Hall–Kier alpha value is -2.86. The van der Waals surface area contributed by atoms with E-state index in [1.807, 2.05) is 37.4 Å². The van der Waals surface area contributed by atoms with Gasteiger partial charge in [-0.1, -0.05) is 11.6 Å². The number of nitrogens with zero attached hydrogens (tertiary/aromatic N) is 3. The van der Waals surface area contributed by atoms with E-state index in [4.69, 9.17) is 11.6 Å². The van der Waals surface area contributed by atoms with Crippen molar-refractivity contribution in [3.8, 4) is 0 Å². The van der Waals surface area contributed by atoms with Gasteiger partial charge in [-0.2, -0.15) is 0 Å². The normalized spacial score (nSPS) is 16.6. The number of pyridine rings is 1. The molecule has 1 saturated heterocycles. The summed E-state index contributed by atoms with van der Waals surface area (Å²) in [6.07, 6.45) is 6.47. The summed E-state index contributed by atoms with van der Waals surface area (Å²) in [4.78, 5) is 30.6. The summed E-state index contributed by atoms with van der Waals surface area (Å²) in [6, 6.07) is 9.61. The zero-order valence-electron chi connectivity index (χ0n) is 16.3. The van der Waals surface area contributed by atoms with E-state index in [2.05, 4.69) is 21.1 Å². The Bertz CT molecular complexity index is 1050. The summed E-state index contributed by atoms with van der Waals surface area (Å²) in [5.41, 5.74) is 3.28. The Morgan fingerprint density at radius 3 is 2.86 bits per heavy atom. The summed E-state index contributed by atoms with van der Waals surface area (Å²) in [6.45, 7) is 1.50. The Balaban J connectivity index is 1.32. The molecule has 3 aromatic rings. The second-order valence-electron chi connectivity index (χ2n) is 7.50. The van der Waals surface area contributed by atoms with Crippen molar-refractivity contribution in [2.45, 2.75) is 19.4 Å². The van der Waals surface area contributed by atoms with Gasteiger partial charge in [0.15, 0.2) is 0 Å². The molecule has 1 aliphatic rings. The maximum absolute atomic E-state index is 12.6. The van der Waals surface area contributed by atoms with E-state index < -0.39 is 0 Å². The average Bonchev–Trinajstić information content (AvgIpc) is 3.22. The molecule has 4 rings (SSSR count). The number of rotatable bonds is 6. The summed E-state index contributed by atoms with van der Waals surface area (Å²) < 4.78 is 2.06. The van der Waals surface area contributed by atoms with Gasteiger partial charge in [0, 0.05) is 67.6 Å². The first-order valence-electron chi connectivity index (χ1n) is 9.69. The zero-order chi connectivity index (χ0) is 20.4. The third-order valence-electron chi connectivity index (χ3n) is 5.44. The van der Waals surface area contributed by atoms with E-state index >= 15 is 0 Å². The smallest absolute Gasteiger partial charge is 0.225 e.